The Balaban J connectivity index is 1.88. The van der Waals surface area contributed by atoms with Crippen LogP contribution in [0.2, 0.25) is 0 Å². The molecule has 2 heteroatoms. The normalized spacial score (nSPS) is 26.0. The number of hydrogen-bond acceptors (Lipinski definition) is 2. The molecule has 1 saturated carbocycles. The van der Waals surface area contributed by atoms with Crippen LogP contribution in [0.4, 0.5) is 0 Å². The van der Waals surface area contributed by atoms with Crippen LogP contribution in [-0.2, 0) is 11.2 Å². The fourth-order valence-electron chi connectivity index (χ4n) is 3.16. The van der Waals surface area contributed by atoms with Crippen LogP contribution in [0.3, 0.4) is 0 Å². The quantitative estimate of drug-likeness (QED) is 0.817. The summed E-state index contributed by atoms with van der Waals surface area (Å²) in [5.74, 6) is 0. The molecule has 0 amide bonds. The third-order valence-corrected chi connectivity index (χ3v) is 4.80. The predicted molar refractivity (Wildman–Crippen MR) is 85.0 cm³/mol. The molecule has 2 rings (SSSR count). The van der Waals surface area contributed by atoms with E-state index < -0.39 is 0 Å². The van der Waals surface area contributed by atoms with Crippen LogP contribution in [0.25, 0.3) is 0 Å². The highest BCUT2D eigenvalue weighted by atomic mass is 16.5. The average molecular weight is 275 g/mol. The van der Waals surface area contributed by atoms with Gasteiger partial charge in [0.2, 0.25) is 0 Å². The van der Waals surface area contributed by atoms with Crippen molar-refractivity contribution in [2.75, 3.05) is 6.61 Å². The molecule has 0 aliphatic heterocycles. The van der Waals surface area contributed by atoms with Gasteiger partial charge in [0, 0.05) is 24.1 Å². The van der Waals surface area contributed by atoms with Crippen molar-refractivity contribution in [3.63, 3.8) is 0 Å². The van der Waals surface area contributed by atoms with Crippen molar-refractivity contribution in [1.29, 1.82) is 0 Å². The lowest BCUT2D eigenvalue weighted by molar-refractivity contribution is -0.116. The summed E-state index contributed by atoms with van der Waals surface area (Å²) in [7, 11) is 0. The fraction of sp³-hybridized carbons (Fsp3) is 0.667. The van der Waals surface area contributed by atoms with Crippen LogP contribution in [0.15, 0.2) is 30.3 Å². The zero-order chi connectivity index (χ0) is 14.6. The minimum Gasteiger partial charge on any atom is -0.378 e. The van der Waals surface area contributed by atoms with E-state index in [0.29, 0.717) is 18.2 Å². The van der Waals surface area contributed by atoms with Gasteiger partial charge in [-0.25, -0.2) is 0 Å². The predicted octanol–water partition coefficient (Wildman–Crippen LogP) is 3.80. The van der Waals surface area contributed by atoms with Gasteiger partial charge < -0.3 is 10.1 Å². The third-order valence-electron chi connectivity index (χ3n) is 4.80. The van der Waals surface area contributed by atoms with Gasteiger partial charge in [-0.05, 0) is 31.7 Å². The first-order valence-electron chi connectivity index (χ1n) is 7.99. The summed E-state index contributed by atoms with van der Waals surface area (Å²) < 4.78 is 5.82. The van der Waals surface area contributed by atoms with Gasteiger partial charge in [0.25, 0.3) is 0 Å². The van der Waals surface area contributed by atoms with Crippen LogP contribution < -0.4 is 5.32 Å². The van der Waals surface area contributed by atoms with Crippen LogP contribution >= 0.6 is 0 Å². The van der Waals surface area contributed by atoms with E-state index in [2.05, 4.69) is 63.3 Å². The molecule has 3 atom stereocenters. The maximum atomic E-state index is 5.82. The van der Waals surface area contributed by atoms with E-state index in [9.17, 15) is 0 Å². The van der Waals surface area contributed by atoms with Crippen molar-refractivity contribution in [1.82, 2.24) is 5.32 Å². The fourth-order valence-corrected chi connectivity index (χ4v) is 3.16. The standard InChI is InChI=1S/C18H29NO/c1-5-15(12-14-10-8-7-9-11-14)19-16-13-17(20-6-2)18(16,3)4/h7-11,15-17,19H,5-6,12-13H2,1-4H3. The Labute approximate surface area is 123 Å². The second kappa shape index (κ2) is 6.73. The Hall–Kier alpha value is -0.860. The third kappa shape index (κ3) is 3.42. The number of hydrogen-bond donors (Lipinski definition) is 1. The average Bonchev–Trinajstić information content (AvgIpc) is 2.46. The van der Waals surface area contributed by atoms with Crippen LogP contribution in [-0.4, -0.2) is 24.8 Å². The SMILES string of the molecule is CCOC1CC(NC(CC)Cc2ccccc2)C1(C)C. The minimum absolute atomic E-state index is 0.250. The summed E-state index contributed by atoms with van der Waals surface area (Å²) in [6, 6.07) is 11.9. The molecule has 1 aromatic rings. The summed E-state index contributed by atoms with van der Waals surface area (Å²) in [5, 5.41) is 3.85. The molecule has 0 radical (unpaired) electrons. The van der Waals surface area contributed by atoms with Crippen molar-refractivity contribution < 1.29 is 4.74 Å². The molecule has 0 spiro atoms. The van der Waals surface area contributed by atoms with Crippen molar-refractivity contribution in [3.05, 3.63) is 35.9 Å². The maximum Gasteiger partial charge on any atom is 0.0655 e. The van der Waals surface area contributed by atoms with Gasteiger partial charge in [0.15, 0.2) is 0 Å². The molecule has 0 heterocycles. The highest BCUT2D eigenvalue weighted by Crippen LogP contribution is 2.43. The number of ether oxygens (including phenoxy) is 1. The summed E-state index contributed by atoms with van der Waals surface area (Å²) >= 11 is 0. The van der Waals surface area contributed by atoms with E-state index >= 15 is 0 Å². The highest BCUT2D eigenvalue weighted by Gasteiger charge is 2.49. The van der Waals surface area contributed by atoms with Gasteiger partial charge >= 0.3 is 0 Å². The Morgan fingerprint density at radius 1 is 1.25 bits per heavy atom. The molecule has 0 bridgehead atoms. The molecule has 20 heavy (non-hydrogen) atoms. The Morgan fingerprint density at radius 2 is 1.95 bits per heavy atom. The van der Waals surface area contributed by atoms with Crippen molar-refractivity contribution in [3.8, 4) is 0 Å². The van der Waals surface area contributed by atoms with E-state index in [1.807, 2.05) is 0 Å². The molecule has 1 aliphatic carbocycles. The number of rotatable bonds is 7. The molecule has 1 aliphatic rings. The lowest BCUT2D eigenvalue weighted by atomic mass is 9.64. The maximum absolute atomic E-state index is 5.82. The van der Waals surface area contributed by atoms with Gasteiger partial charge in [-0.1, -0.05) is 51.1 Å². The first kappa shape index (κ1) is 15.5. The molecule has 1 N–H and O–H groups in total. The van der Waals surface area contributed by atoms with Gasteiger partial charge in [-0.3, -0.25) is 0 Å². The summed E-state index contributed by atoms with van der Waals surface area (Å²) in [5.41, 5.74) is 1.67. The summed E-state index contributed by atoms with van der Waals surface area (Å²) in [6.45, 7) is 9.82. The number of nitrogens with one attached hydrogen (secondary N) is 1. The Bertz CT molecular complexity index is 401. The first-order valence-corrected chi connectivity index (χ1v) is 7.99. The van der Waals surface area contributed by atoms with E-state index in [4.69, 9.17) is 4.74 Å². The van der Waals surface area contributed by atoms with Crippen molar-refractivity contribution in [2.24, 2.45) is 5.41 Å². The molecule has 1 fully saturated rings. The van der Waals surface area contributed by atoms with Gasteiger partial charge in [0.05, 0.1) is 6.10 Å². The molecule has 1 aromatic carbocycles. The monoisotopic (exact) mass is 275 g/mol. The van der Waals surface area contributed by atoms with E-state index in [1.54, 1.807) is 0 Å². The molecule has 3 unspecified atom stereocenters. The lowest BCUT2D eigenvalue weighted by Crippen LogP contribution is -2.63. The molecule has 0 saturated heterocycles. The topological polar surface area (TPSA) is 21.3 Å². The van der Waals surface area contributed by atoms with E-state index in [-0.39, 0.29) is 5.41 Å². The lowest BCUT2D eigenvalue weighted by Gasteiger charge is -2.53. The zero-order valence-electron chi connectivity index (χ0n) is 13.4. The second-order valence-corrected chi connectivity index (χ2v) is 6.52. The first-order chi connectivity index (χ1) is 9.57. The van der Waals surface area contributed by atoms with Gasteiger partial charge in [0.1, 0.15) is 0 Å². The second-order valence-electron chi connectivity index (χ2n) is 6.52. The van der Waals surface area contributed by atoms with Gasteiger partial charge in [-0.15, -0.1) is 0 Å². The molecule has 112 valence electrons. The smallest absolute Gasteiger partial charge is 0.0655 e. The Kier molecular flexibility index (Phi) is 5.22. The molecule has 2 nitrogen and oxygen atoms in total. The van der Waals surface area contributed by atoms with E-state index in [1.165, 1.54) is 12.0 Å². The minimum atomic E-state index is 0.250. The van der Waals surface area contributed by atoms with Crippen LogP contribution in [0, 0.1) is 5.41 Å². The van der Waals surface area contributed by atoms with Crippen molar-refractivity contribution >= 4 is 0 Å². The van der Waals surface area contributed by atoms with Crippen LogP contribution in [0.5, 0.6) is 0 Å². The van der Waals surface area contributed by atoms with Gasteiger partial charge in [-0.2, -0.15) is 0 Å². The number of benzene rings is 1. The molecular weight excluding hydrogens is 246 g/mol. The summed E-state index contributed by atoms with van der Waals surface area (Å²) in [4.78, 5) is 0. The zero-order valence-corrected chi connectivity index (χ0v) is 13.4. The molecule has 0 aromatic heterocycles. The summed E-state index contributed by atoms with van der Waals surface area (Å²) in [6.07, 6.45) is 3.84. The van der Waals surface area contributed by atoms with Crippen LogP contribution in [0.1, 0.15) is 46.1 Å². The van der Waals surface area contributed by atoms with Crippen molar-refractivity contribution in [2.45, 2.75) is 65.1 Å². The Morgan fingerprint density at radius 3 is 2.50 bits per heavy atom. The highest BCUT2D eigenvalue weighted by molar-refractivity contribution is 5.16. The molecular formula is C18H29NO. The largest absolute Gasteiger partial charge is 0.378 e. The van der Waals surface area contributed by atoms with E-state index in [0.717, 1.165) is 19.4 Å².